The Morgan fingerprint density at radius 2 is 1.24 bits per heavy atom. The van der Waals surface area contributed by atoms with Crippen molar-refractivity contribution >= 4 is 11.4 Å². The maximum atomic E-state index is 11.2. The number of nitrogens with zero attached hydrogens (tertiary/aromatic N) is 2. The molecule has 182 valence electrons. The van der Waals surface area contributed by atoms with Crippen molar-refractivity contribution in [3.8, 4) is 0 Å². The van der Waals surface area contributed by atoms with Crippen LogP contribution >= 0.6 is 0 Å². The van der Waals surface area contributed by atoms with Gasteiger partial charge in [0.25, 0.3) is 0 Å². The van der Waals surface area contributed by atoms with Gasteiger partial charge in [0.2, 0.25) is 11.4 Å². The van der Waals surface area contributed by atoms with Gasteiger partial charge in [-0.1, -0.05) is 13.3 Å². The van der Waals surface area contributed by atoms with Crippen LogP contribution in [0, 0.1) is 41.5 Å². The van der Waals surface area contributed by atoms with Gasteiger partial charge in [0.15, 0.2) is 0 Å². The molecule has 0 fully saturated rings. The van der Waals surface area contributed by atoms with Gasteiger partial charge in [0.05, 0.1) is 0 Å². The van der Waals surface area contributed by atoms with E-state index in [0.717, 1.165) is 56.9 Å². The van der Waals surface area contributed by atoms with Crippen molar-refractivity contribution in [2.75, 3.05) is 14.2 Å². The molecule has 0 aliphatic carbocycles. The van der Waals surface area contributed by atoms with E-state index in [1.165, 1.54) is 43.7 Å². The van der Waals surface area contributed by atoms with Gasteiger partial charge in [0, 0.05) is 22.8 Å². The molecule has 0 N–H and O–H groups in total. The quantitative estimate of drug-likeness (QED) is 0.293. The summed E-state index contributed by atoms with van der Waals surface area (Å²) < 4.78 is 10.2. The number of hydrogen-bond donors (Lipinski definition) is 0. The Bertz CT molecular complexity index is 1040. The molecule has 5 heteroatoms. The Morgan fingerprint density at radius 1 is 0.788 bits per heavy atom. The fraction of sp³-hybridized carbons (Fsp3) is 0.429. The van der Waals surface area contributed by atoms with Gasteiger partial charge in [-0.15, -0.1) is 0 Å². The fourth-order valence-corrected chi connectivity index (χ4v) is 4.20. The summed E-state index contributed by atoms with van der Waals surface area (Å²) >= 11 is 0.819. The Labute approximate surface area is 206 Å². The Hall–Kier alpha value is -2.07. The Kier molecular flexibility index (Phi) is 10.2. The third-order valence-corrected chi connectivity index (χ3v) is 6.71. The Balaban J connectivity index is 0.000000696. The normalized spacial score (nSPS) is 13.4. The van der Waals surface area contributed by atoms with Crippen molar-refractivity contribution in [1.82, 2.24) is 0 Å². The van der Waals surface area contributed by atoms with Crippen LogP contribution < -0.4 is 0 Å². The van der Waals surface area contributed by atoms with Crippen LogP contribution in [0.1, 0.15) is 70.7 Å². The van der Waals surface area contributed by atoms with Crippen LogP contribution in [0.5, 0.6) is 0 Å². The molecule has 0 amide bonds. The summed E-state index contributed by atoms with van der Waals surface area (Å²) in [6, 6.07) is 8.78. The van der Waals surface area contributed by atoms with E-state index in [1.807, 2.05) is 0 Å². The molecule has 0 saturated carbocycles. The number of benzene rings is 2. The van der Waals surface area contributed by atoms with Crippen LogP contribution in [0.15, 0.2) is 35.9 Å². The second kappa shape index (κ2) is 12.4. The molecule has 2 aromatic rings. The fourth-order valence-electron chi connectivity index (χ4n) is 4.03. The average molecular weight is 493 g/mol. The van der Waals surface area contributed by atoms with Gasteiger partial charge in [-0.3, -0.25) is 0 Å². The molecular formula is C28H38N2NiO2. The summed E-state index contributed by atoms with van der Waals surface area (Å²) in [6.45, 7) is 15.1. The van der Waals surface area contributed by atoms with Crippen LogP contribution in [0.4, 0.5) is 0 Å². The van der Waals surface area contributed by atoms with Crippen molar-refractivity contribution in [3.05, 3.63) is 86.0 Å². The van der Waals surface area contributed by atoms with Crippen LogP contribution in [0.25, 0.3) is 16.9 Å². The van der Waals surface area contributed by atoms with E-state index < -0.39 is 0 Å². The summed E-state index contributed by atoms with van der Waals surface area (Å²) in [5.41, 5.74) is 24.1. The molecular weight excluding hydrogens is 455 g/mol. The van der Waals surface area contributed by atoms with E-state index in [0.29, 0.717) is 0 Å². The van der Waals surface area contributed by atoms with Crippen LogP contribution in [-0.4, -0.2) is 18.9 Å². The monoisotopic (exact) mass is 492 g/mol. The van der Waals surface area contributed by atoms with Crippen molar-refractivity contribution in [2.24, 2.45) is 0 Å². The second-order valence-electron chi connectivity index (χ2n) is 8.60. The van der Waals surface area contributed by atoms with Crippen LogP contribution in [0.2, 0.25) is 0 Å². The number of unbranched alkanes of at least 4 members (excludes halogenated alkanes) is 1. The number of hydrogen-bond acceptors (Lipinski definition) is 2. The summed E-state index contributed by atoms with van der Waals surface area (Å²) in [5, 5.41) is 0. The average Bonchev–Trinajstić information content (AvgIpc) is 3.10. The molecule has 1 aliphatic heterocycles. The topological polar surface area (TPSA) is 43.8 Å². The van der Waals surface area contributed by atoms with Crippen molar-refractivity contribution in [1.29, 1.82) is 0 Å². The van der Waals surface area contributed by atoms with E-state index in [9.17, 15) is 5.53 Å². The molecule has 1 heterocycles. The van der Waals surface area contributed by atoms with Gasteiger partial charge in [-0.2, -0.15) is 0 Å². The van der Waals surface area contributed by atoms with Gasteiger partial charge >= 0.3 is 37.1 Å². The molecule has 0 bridgehead atoms. The van der Waals surface area contributed by atoms with E-state index >= 15 is 0 Å². The van der Waals surface area contributed by atoms with Crippen LogP contribution in [-0.2, 0) is 22.8 Å². The van der Waals surface area contributed by atoms with Crippen LogP contribution in [0.3, 0.4) is 0 Å². The number of allylic oxidation sites excluding steroid dienone is 2. The zero-order valence-corrected chi connectivity index (χ0v) is 22.5. The second-order valence-corrected chi connectivity index (χ2v) is 9.57. The minimum absolute atomic E-state index is 0.819. The van der Waals surface area contributed by atoms with Gasteiger partial charge < -0.3 is 5.53 Å². The zero-order valence-electron chi connectivity index (χ0n) is 21.5. The summed E-state index contributed by atoms with van der Waals surface area (Å²) in [5.74, 6) is 0. The number of rotatable bonds is 7. The predicted octanol–water partition coefficient (Wildman–Crippen LogP) is 7.72. The standard InChI is InChI=1S/C26H32N2.2CH3O.Ni/c1-8-9-10-22-15-25(23-11-16(2)20(6)17(3)12-23)28(27)26(22)24-13-18(4)21(7)19(5)14-24;2*1-2;/h11-15H,8-10H2,1-7H3;2*1H3;/q;2*-1;+2. The molecule has 0 unspecified atom stereocenters. The van der Waals surface area contributed by atoms with E-state index in [4.69, 9.17) is 0 Å². The molecule has 0 atom stereocenters. The first-order chi connectivity index (χ1) is 15.7. The molecule has 2 aromatic carbocycles. The van der Waals surface area contributed by atoms with Gasteiger partial charge in [0.1, 0.15) is 0 Å². The van der Waals surface area contributed by atoms with Crippen molar-refractivity contribution in [3.63, 3.8) is 0 Å². The predicted molar refractivity (Wildman–Crippen MR) is 133 cm³/mol. The zero-order chi connectivity index (χ0) is 24.7. The van der Waals surface area contributed by atoms with E-state index in [1.54, 1.807) is 14.2 Å². The third-order valence-electron chi connectivity index (χ3n) is 6.38. The molecule has 1 aliphatic rings. The van der Waals surface area contributed by atoms with Gasteiger partial charge in [-0.25, -0.2) is 4.70 Å². The molecule has 0 spiro atoms. The molecule has 0 aromatic heterocycles. The number of aryl methyl sites for hydroxylation is 4. The maximum absolute atomic E-state index is 11.2. The first-order valence-corrected chi connectivity index (χ1v) is 12.2. The summed E-state index contributed by atoms with van der Waals surface area (Å²) in [7, 11) is 3.12. The molecule has 4 nitrogen and oxygen atoms in total. The Morgan fingerprint density at radius 3 is 1.64 bits per heavy atom. The molecule has 33 heavy (non-hydrogen) atoms. The van der Waals surface area contributed by atoms with E-state index in [-0.39, 0.29) is 0 Å². The van der Waals surface area contributed by atoms with E-state index in [2.05, 4.69) is 86.6 Å². The summed E-state index contributed by atoms with van der Waals surface area (Å²) in [4.78, 5) is 0. The first kappa shape index (κ1) is 27.2. The first-order valence-electron chi connectivity index (χ1n) is 11.4. The van der Waals surface area contributed by atoms with Crippen molar-refractivity contribution < 1.29 is 27.5 Å². The molecule has 0 saturated heterocycles. The molecule has 3 rings (SSSR count). The molecule has 0 radical (unpaired) electrons. The summed E-state index contributed by atoms with van der Waals surface area (Å²) in [6.07, 6.45) is 5.41. The SMILES string of the molecule is CCCCC1=C(c2cc(C)c(C)c(C)c2)[N+](=[N-])C(c2cc(C)c(C)c(C)c2)=C1.C[O][Ni][O]C. The van der Waals surface area contributed by atoms with Gasteiger partial charge in [-0.05, 0) is 112 Å². The van der Waals surface area contributed by atoms with Crippen molar-refractivity contribution in [2.45, 2.75) is 67.7 Å². The minimum atomic E-state index is 0.819. The third kappa shape index (κ3) is 6.50.